The lowest BCUT2D eigenvalue weighted by molar-refractivity contribution is -0.137. The molecule has 7 heteroatoms. The van der Waals surface area contributed by atoms with Crippen LogP contribution >= 0.6 is 0 Å². The molecule has 18 heavy (non-hydrogen) atoms. The zero-order valence-corrected chi connectivity index (χ0v) is 9.67. The number of carbonyl (C=O) groups is 1. The Balaban J connectivity index is 3.01. The third kappa shape index (κ3) is 3.63. The van der Waals surface area contributed by atoms with E-state index in [0.717, 1.165) is 12.1 Å². The summed E-state index contributed by atoms with van der Waals surface area (Å²) in [5.74, 6) is -0.916. The molecule has 1 aromatic rings. The maximum absolute atomic E-state index is 12.5. The number of anilines is 1. The number of halogens is 3. The first kappa shape index (κ1) is 14.3. The summed E-state index contributed by atoms with van der Waals surface area (Å²) in [5, 5.41) is 2.78. The van der Waals surface area contributed by atoms with Gasteiger partial charge in [-0.2, -0.15) is 13.2 Å². The Morgan fingerprint density at radius 3 is 2.61 bits per heavy atom. The summed E-state index contributed by atoms with van der Waals surface area (Å²) in [4.78, 5) is 11.1. The zero-order chi connectivity index (χ0) is 13.8. The average molecular weight is 262 g/mol. The van der Waals surface area contributed by atoms with Crippen LogP contribution in [-0.2, 0) is 10.9 Å². The highest BCUT2D eigenvalue weighted by Crippen LogP contribution is 2.31. The molecule has 0 radical (unpaired) electrons. The number of alkyl halides is 3. The molecule has 3 N–H and O–H groups in total. The first-order valence-corrected chi connectivity index (χ1v) is 5.10. The predicted molar refractivity (Wildman–Crippen MR) is 60.3 cm³/mol. The van der Waals surface area contributed by atoms with Crippen LogP contribution in [0.4, 0.5) is 18.9 Å². The standard InChI is InChI=1S/C11H13F3N2O2/c1-18-5-4-16-9-3-2-7(11(12,13)14)6-8(9)10(15)17/h2-3,6,16H,4-5H2,1H3,(H2,15,17). The SMILES string of the molecule is COCCNc1ccc(C(F)(F)F)cc1C(N)=O. The Labute approximate surface area is 102 Å². The second-order valence-electron chi connectivity index (χ2n) is 3.54. The van der Waals surface area contributed by atoms with Crippen molar-refractivity contribution in [2.75, 3.05) is 25.6 Å². The summed E-state index contributed by atoms with van der Waals surface area (Å²) in [7, 11) is 1.49. The normalized spacial score (nSPS) is 11.3. The maximum atomic E-state index is 12.5. The van der Waals surface area contributed by atoms with Crippen molar-refractivity contribution < 1.29 is 22.7 Å². The molecule has 0 spiro atoms. The molecule has 0 bridgehead atoms. The number of primary amides is 1. The third-order valence-electron chi connectivity index (χ3n) is 2.23. The maximum Gasteiger partial charge on any atom is 0.416 e. The van der Waals surface area contributed by atoms with Crippen LogP contribution in [-0.4, -0.2) is 26.2 Å². The van der Waals surface area contributed by atoms with Gasteiger partial charge in [0.2, 0.25) is 0 Å². The summed E-state index contributed by atoms with van der Waals surface area (Å²) in [6, 6.07) is 2.80. The molecule has 0 aliphatic heterocycles. The summed E-state index contributed by atoms with van der Waals surface area (Å²) >= 11 is 0. The highest BCUT2D eigenvalue weighted by molar-refractivity contribution is 5.98. The summed E-state index contributed by atoms with van der Waals surface area (Å²) in [6.07, 6.45) is -4.50. The molecule has 100 valence electrons. The van der Waals surface area contributed by atoms with E-state index in [9.17, 15) is 18.0 Å². The molecule has 0 atom stereocenters. The quantitative estimate of drug-likeness (QED) is 0.796. The van der Waals surface area contributed by atoms with E-state index in [0.29, 0.717) is 13.2 Å². The van der Waals surface area contributed by atoms with Crippen LogP contribution in [0.1, 0.15) is 15.9 Å². The molecule has 1 rings (SSSR count). The van der Waals surface area contributed by atoms with Gasteiger partial charge >= 0.3 is 6.18 Å². The smallest absolute Gasteiger partial charge is 0.383 e. The van der Waals surface area contributed by atoms with Gasteiger partial charge in [0.1, 0.15) is 0 Å². The van der Waals surface area contributed by atoms with Gasteiger partial charge in [-0.05, 0) is 18.2 Å². The van der Waals surface area contributed by atoms with Gasteiger partial charge in [0, 0.05) is 19.3 Å². The largest absolute Gasteiger partial charge is 0.416 e. The minimum atomic E-state index is -4.50. The Kier molecular flexibility index (Phi) is 4.55. The fourth-order valence-corrected chi connectivity index (χ4v) is 1.37. The van der Waals surface area contributed by atoms with Crippen LogP contribution in [0.2, 0.25) is 0 Å². The molecule has 0 aromatic heterocycles. The minimum Gasteiger partial charge on any atom is -0.383 e. The van der Waals surface area contributed by atoms with E-state index in [1.165, 1.54) is 13.2 Å². The van der Waals surface area contributed by atoms with Gasteiger partial charge < -0.3 is 15.8 Å². The van der Waals surface area contributed by atoms with E-state index in [2.05, 4.69) is 5.32 Å². The molecular formula is C11H13F3N2O2. The van der Waals surface area contributed by atoms with Gasteiger partial charge in [-0.3, -0.25) is 4.79 Å². The number of ether oxygens (including phenoxy) is 1. The van der Waals surface area contributed by atoms with E-state index in [1.807, 2.05) is 0 Å². The van der Waals surface area contributed by atoms with Gasteiger partial charge in [-0.25, -0.2) is 0 Å². The molecule has 0 saturated carbocycles. The topological polar surface area (TPSA) is 64.3 Å². The minimum absolute atomic E-state index is 0.194. The van der Waals surface area contributed by atoms with Crippen molar-refractivity contribution >= 4 is 11.6 Å². The molecule has 0 aliphatic rings. The molecule has 0 fully saturated rings. The van der Waals surface area contributed by atoms with Crippen molar-refractivity contribution in [3.63, 3.8) is 0 Å². The molecule has 0 saturated heterocycles. The van der Waals surface area contributed by atoms with Crippen molar-refractivity contribution in [1.82, 2.24) is 0 Å². The lowest BCUT2D eigenvalue weighted by Gasteiger charge is -2.13. The highest BCUT2D eigenvalue weighted by atomic mass is 19.4. The number of nitrogens with one attached hydrogen (secondary N) is 1. The summed E-state index contributed by atoms with van der Waals surface area (Å²) in [5.41, 5.74) is 4.21. The Hall–Kier alpha value is -1.76. The zero-order valence-electron chi connectivity index (χ0n) is 9.67. The molecule has 0 unspecified atom stereocenters. The van der Waals surface area contributed by atoms with Crippen molar-refractivity contribution in [2.45, 2.75) is 6.18 Å². The van der Waals surface area contributed by atoms with Crippen LogP contribution in [0.25, 0.3) is 0 Å². The van der Waals surface area contributed by atoms with Crippen LogP contribution in [0.5, 0.6) is 0 Å². The van der Waals surface area contributed by atoms with Crippen molar-refractivity contribution in [2.24, 2.45) is 5.73 Å². The number of rotatable bonds is 5. The molecule has 0 heterocycles. The van der Waals surface area contributed by atoms with E-state index < -0.39 is 17.6 Å². The second kappa shape index (κ2) is 5.72. The predicted octanol–water partition coefficient (Wildman–Crippen LogP) is 1.86. The van der Waals surface area contributed by atoms with E-state index in [1.54, 1.807) is 0 Å². The van der Waals surface area contributed by atoms with Crippen molar-refractivity contribution in [3.05, 3.63) is 29.3 Å². The number of carbonyl (C=O) groups excluding carboxylic acids is 1. The number of methoxy groups -OCH3 is 1. The van der Waals surface area contributed by atoms with Crippen LogP contribution in [0.15, 0.2) is 18.2 Å². The summed E-state index contributed by atoms with van der Waals surface area (Å²) < 4.78 is 42.2. The first-order valence-electron chi connectivity index (χ1n) is 5.10. The van der Waals surface area contributed by atoms with Crippen molar-refractivity contribution in [3.8, 4) is 0 Å². The van der Waals surface area contributed by atoms with Crippen LogP contribution in [0.3, 0.4) is 0 Å². The van der Waals surface area contributed by atoms with Crippen molar-refractivity contribution in [1.29, 1.82) is 0 Å². The molecule has 0 aliphatic carbocycles. The summed E-state index contributed by atoms with van der Waals surface area (Å²) in [6.45, 7) is 0.724. The number of hydrogen-bond donors (Lipinski definition) is 2. The molecule has 1 aromatic carbocycles. The van der Waals surface area contributed by atoms with E-state index >= 15 is 0 Å². The van der Waals surface area contributed by atoms with E-state index in [-0.39, 0.29) is 11.3 Å². The van der Waals surface area contributed by atoms with Gasteiger partial charge in [-0.15, -0.1) is 0 Å². The van der Waals surface area contributed by atoms with Crippen LogP contribution < -0.4 is 11.1 Å². The second-order valence-corrected chi connectivity index (χ2v) is 3.54. The number of benzene rings is 1. The molecular weight excluding hydrogens is 249 g/mol. The van der Waals surface area contributed by atoms with Gasteiger partial charge in [0.25, 0.3) is 5.91 Å². The average Bonchev–Trinajstić information content (AvgIpc) is 2.28. The number of amides is 1. The van der Waals surface area contributed by atoms with Gasteiger partial charge in [0.15, 0.2) is 0 Å². The highest BCUT2D eigenvalue weighted by Gasteiger charge is 2.31. The number of nitrogens with two attached hydrogens (primary N) is 1. The Bertz CT molecular complexity index is 433. The van der Waals surface area contributed by atoms with Gasteiger partial charge in [-0.1, -0.05) is 0 Å². The monoisotopic (exact) mass is 262 g/mol. The lowest BCUT2D eigenvalue weighted by atomic mass is 10.1. The Morgan fingerprint density at radius 2 is 2.11 bits per heavy atom. The lowest BCUT2D eigenvalue weighted by Crippen LogP contribution is -2.18. The third-order valence-corrected chi connectivity index (χ3v) is 2.23. The van der Waals surface area contributed by atoms with Gasteiger partial charge in [0.05, 0.1) is 17.7 Å². The number of hydrogen-bond acceptors (Lipinski definition) is 3. The van der Waals surface area contributed by atoms with E-state index in [4.69, 9.17) is 10.5 Å². The fourth-order valence-electron chi connectivity index (χ4n) is 1.37. The first-order chi connectivity index (χ1) is 8.36. The molecule has 4 nitrogen and oxygen atoms in total. The van der Waals surface area contributed by atoms with Crippen LogP contribution in [0, 0.1) is 0 Å². The Morgan fingerprint density at radius 1 is 1.44 bits per heavy atom. The fraction of sp³-hybridized carbons (Fsp3) is 0.364. The molecule has 1 amide bonds.